The van der Waals surface area contributed by atoms with Gasteiger partial charge in [0.25, 0.3) is 0 Å². The molecular weight excluding hydrogens is 216 g/mol. The van der Waals surface area contributed by atoms with E-state index in [2.05, 4.69) is 6.58 Å². The maximum absolute atomic E-state index is 12.2. The molecule has 96 valence electrons. The minimum Gasteiger partial charge on any atom is -0.374 e. The van der Waals surface area contributed by atoms with E-state index in [0.717, 1.165) is 12.8 Å². The molecule has 1 saturated heterocycles. The molecule has 0 spiro atoms. The standard InChI is InChI=1S/C13H22N2O2/c1-2-5-10(14)13(16)15-8-9-17-12-7-4-3-6-11(12)15/h2,10-12H,1,3-9,14H2. The Morgan fingerprint density at radius 2 is 2.29 bits per heavy atom. The number of nitrogens with zero attached hydrogens (tertiary/aromatic N) is 1. The number of hydrogen-bond acceptors (Lipinski definition) is 3. The van der Waals surface area contributed by atoms with Gasteiger partial charge >= 0.3 is 0 Å². The molecule has 1 aliphatic carbocycles. The van der Waals surface area contributed by atoms with E-state index in [1.807, 2.05) is 4.90 Å². The first-order chi connectivity index (χ1) is 8.24. The van der Waals surface area contributed by atoms with Crippen LogP contribution in [0.5, 0.6) is 0 Å². The third kappa shape index (κ3) is 2.69. The van der Waals surface area contributed by atoms with Gasteiger partial charge < -0.3 is 15.4 Å². The summed E-state index contributed by atoms with van der Waals surface area (Å²) < 4.78 is 5.75. The summed E-state index contributed by atoms with van der Waals surface area (Å²) in [5.74, 6) is 0.0603. The van der Waals surface area contributed by atoms with E-state index < -0.39 is 6.04 Å². The van der Waals surface area contributed by atoms with Crippen molar-refractivity contribution in [2.24, 2.45) is 5.73 Å². The first-order valence-corrected chi connectivity index (χ1v) is 6.52. The largest absolute Gasteiger partial charge is 0.374 e. The average molecular weight is 238 g/mol. The molecule has 1 amide bonds. The minimum atomic E-state index is -0.437. The van der Waals surface area contributed by atoms with Crippen LogP contribution in [-0.2, 0) is 9.53 Å². The van der Waals surface area contributed by atoms with Crippen LogP contribution < -0.4 is 5.73 Å². The van der Waals surface area contributed by atoms with E-state index in [1.54, 1.807) is 6.08 Å². The molecule has 2 N–H and O–H groups in total. The molecule has 4 heteroatoms. The molecule has 1 aliphatic heterocycles. The smallest absolute Gasteiger partial charge is 0.240 e. The van der Waals surface area contributed by atoms with Crippen LogP contribution in [0.3, 0.4) is 0 Å². The zero-order chi connectivity index (χ0) is 12.3. The second kappa shape index (κ2) is 5.65. The van der Waals surface area contributed by atoms with Crippen LogP contribution in [-0.4, -0.2) is 42.1 Å². The summed E-state index contributed by atoms with van der Waals surface area (Å²) in [4.78, 5) is 14.2. The molecule has 3 atom stereocenters. The molecule has 0 aromatic carbocycles. The van der Waals surface area contributed by atoms with Gasteiger partial charge in [0.05, 0.1) is 24.8 Å². The molecule has 2 aliphatic rings. The fourth-order valence-corrected chi connectivity index (χ4v) is 2.86. The van der Waals surface area contributed by atoms with Crippen molar-refractivity contribution >= 4 is 5.91 Å². The molecule has 0 bridgehead atoms. The Labute approximate surface area is 103 Å². The van der Waals surface area contributed by atoms with Crippen LogP contribution in [0.15, 0.2) is 12.7 Å². The van der Waals surface area contributed by atoms with Crippen LogP contribution in [0.2, 0.25) is 0 Å². The van der Waals surface area contributed by atoms with Gasteiger partial charge in [-0.2, -0.15) is 0 Å². The van der Waals surface area contributed by atoms with Crippen molar-refractivity contribution in [2.75, 3.05) is 13.2 Å². The SMILES string of the molecule is C=CCC(N)C(=O)N1CCOC2CCCCC21. The van der Waals surface area contributed by atoms with Gasteiger partial charge in [0.2, 0.25) is 5.91 Å². The Bertz CT molecular complexity index is 291. The normalized spacial score (nSPS) is 30.5. The lowest BCUT2D eigenvalue weighted by molar-refractivity contribution is -0.150. The highest BCUT2D eigenvalue weighted by molar-refractivity contribution is 5.82. The van der Waals surface area contributed by atoms with Crippen LogP contribution in [0.25, 0.3) is 0 Å². The number of hydrogen-bond donors (Lipinski definition) is 1. The lowest BCUT2D eigenvalue weighted by atomic mass is 9.89. The second-order valence-corrected chi connectivity index (χ2v) is 4.92. The van der Waals surface area contributed by atoms with Gasteiger partial charge in [0.15, 0.2) is 0 Å². The van der Waals surface area contributed by atoms with Crippen molar-refractivity contribution < 1.29 is 9.53 Å². The molecule has 0 aromatic rings. The number of fused-ring (bicyclic) bond motifs is 1. The number of carbonyl (C=O) groups is 1. The topological polar surface area (TPSA) is 55.6 Å². The molecular formula is C13H22N2O2. The minimum absolute atomic E-state index is 0.0603. The van der Waals surface area contributed by atoms with Gasteiger partial charge in [0.1, 0.15) is 0 Å². The Kier molecular flexibility index (Phi) is 4.18. The zero-order valence-corrected chi connectivity index (χ0v) is 10.3. The highest BCUT2D eigenvalue weighted by Gasteiger charge is 2.37. The maximum atomic E-state index is 12.2. The number of rotatable bonds is 3. The monoisotopic (exact) mass is 238 g/mol. The van der Waals surface area contributed by atoms with Crippen molar-refractivity contribution in [3.05, 3.63) is 12.7 Å². The predicted molar refractivity (Wildman–Crippen MR) is 66.5 cm³/mol. The third-order valence-electron chi connectivity index (χ3n) is 3.75. The molecule has 17 heavy (non-hydrogen) atoms. The van der Waals surface area contributed by atoms with Gasteiger partial charge in [-0.05, 0) is 19.3 Å². The Hall–Kier alpha value is -0.870. The average Bonchev–Trinajstić information content (AvgIpc) is 2.37. The molecule has 2 rings (SSSR count). The fraction of sp³-hybridized carbons (Fsp3) is 0.769. The highest BCUT2D eigenvalue weighted by Crippen LogP contribution is 2.28. The van der Waals surface area contributed by atoms with Crippen LogP contribution in [0.4, 0.5) is 0 Å². The molecule has 2 fully saturated rings. The summed E-state index contributed by atoms with van der Waals surface area (Å²) in [6, 6.07) is -0.186. The van der Waals surface area contributed by atoms with Crippen molar-refractivity contribution in [3.8, 4) is 0 Å². The summed E-state index contributed by atoms with van der Waals surface area (Å²) in [6.45, 7) is 4.97. The Morgan fingerprint density at radius 1 is 1.53 bits per heavy atom. The number of amides is 1. The van der Waals surface area contributed by atoms with Crippen molar-refractivity contribution in [2.45, 2.75) is 50.3 Å². The first kappa shape index (κ1) is 12.6. The zero-order valence-electron chi connectivity index (χ0n) is 10.3. The van der Waals surface area contributed by atoms with Crippen molar-refractivity contribution in [1.29, 1.82) is 0 Å². The number of morpholine rings is 1. The maximum Gasteiger partial charge on any atom is 0.240 e. The highest BCUT2D eigenvalue weighted by atomic mass is 16.5. The van der Waals surface area contributed by atoms with E-state index >= 15 is 0 Å². The van der Waals surface area contributed by atoms with Gasteiger partial charge in [-0.25, -0.2) is 0 Å². The lowest BCUT2D eigenvalue weighted by Crippen LogP contribution is -2.58. The first-order valence-electron chi connectivity index (χ1n) is 6.52. The molecule has 0 radical (unpaired) electrons. The molecule has 4 nitrogen and oxygen atoms in total. The van der Waals surface area contributed by atoms with Gasteiger partial charge in [0, 0.05) is 6.54 Å². The van der Waals surface area contributed by atoms with E-state index in [1.165, 1.54) is 12.8 Å². The van der Waals surface area contributed by atoms with E-state index in [9.17, 15) is 4.79 Å². The van der Waals surface area contributed by atoms with Gasteiger partial charge in [-0.1, -0.05) is 18.9 Å². The second-order valence-electron chi connectivity index (χ2n) is 4.92. The van der Waals surface area contributed by atoms with E-state index in [-0.39, 0.29) is 18.1 Å². The van der Waals surface area contributed by atoms with E-state index in [4.69, 9.17) is 10.5 Å². The summed E-state index contributed by atoms with van der Waals surface area (Å²) in [6.07, 6.45) is 7.02. The fourth-order valence-electron chi connectivity index (χ4n) is 2.86. The Balaban J connectivity index is 2.02. The van der Waals surface area contributed by atoms with Crippen LogP contribution >= 0.6 is 0 Å². The van der Waals surface area contributed by atoms with Crippen LogP contribution in [0, 0.1) is 0 Å². The van der Waals surface area contributed by atoms with Crippen molar-refractivity contribution in [1.82, 2.24) is 4.90 Å². The molecule has 3 unspecified atom stereocenters. The molecule has 1 heterocycles. The number of nitrogens with two attached hydrogens (primary N) is 1. The van der Waals surface area contributed by atoms with E-state index in [0.29, 0.717) is 19.6 Å². The quantitative estimate of drug-likeness (QED) is 0.748. The van der Waals surface area contributed by atoms with Crippen molar-refractivity contribution in [3.63, 3.8) is 0 Å². The molecule has 0 aromatic heterocycles. The summed E-state index contributed by atoms with van der Waals surface area (Å²) in [7, 11) is 0. The summed E-state index contributed by atoms with van der Waals surface area (Å²) in [5.41, 5.74) is 5.88. The summed E-state index contributed by atoms with van der Waals surface area (Å²) >= 11 is 0. The van der Waals surface area contributed by atoms with Gasteiger partial charge in [-0.3, -0.25) is 4.79 Å². The summed E-state index contributed by atoms with van der Waals surface area (Å²) in [5, 5.41) is 0. The molecule has 1 saturated carbocycles. The predicted octanol–water partition coefficient (Wildman–Crippen LogP) is 1.06. The number of ether oxygens (including phenoxy) is 1. The number of carbonyl (C=O) groups excluding carboxylic acids is 1. The third-order valence-corrected chi connectivity index (χ3v) is 3.75. The van der Waals surface area contributed by atoms with Gasteiger partial charge in [-0.15, -0.1) is 6.58 Å². The van der Waals surface area contributed by atoms with Crippen LogP contribution in [0.1, 0.15) is 32.1 Å². The lowest BCUT2D eigenvalue weighted by Gasteiger charge is -2.44. The Morgan fingerprint density at radius 3 is 3.06 bits per heavy atom.